The van der Waals surface area contributed by atoms with Crippen LogP contribution in [-0.2, 0) is 6.54 Å². The van der Waals surface area contributed by atoms with E-state index in [0.29, 0.717) is 17.5 Å². The lowest BCUT2D eigenvalue weighted by Gasteiger charge is -2.09. The number of fused-ring (bicyclic) bond motifs is 1. The molecular weight excluding hydrogens is 330 g/mol. The van der Waals surface area contributed by atoms with Crippen LogP contribution in [0.2, 0.25) is 0 Å². The Morgan fingerprint density at radius 3 is 2.50 bits per heavy atom. The Labute approximate surface area is 151 Å². The predicted molar refractivity (Wildman–Crippen MR) is 101 cm³/mol. The molecule has 1 heterocycles. The molecule has 0 aliphatic heterocycles. The highest BCUT2D eigenvalue weighted by molar-refractivity contribution is 6.02. The van der Waals surface area contributed by atoms with E-state index >= 15 is 0 Å². The topological polar surface area (TPSA) is 69.6 Å². The number of benzene rings is 2. The van der Waals surface area contributed by atoms with Crippen molar-refractivity contribution in [1.82, 2.24) is 4.57 Å². The van der Waals surface area contributed by atoms with Crippen LogP contribution in [-0.4, -0.2) is 29.9 Å². The number of carbonyl (C=O) groups excluding carboxylic acids is 1. The largest absolute Gasteiger partial charge is 0.336 e. The molecular formula is C20H20N3O3+. The van der Waals surface area contributed by atoms with E-state index in [2.05, 4.69) is 0 Å². The number of hydrogen-bond donors (Lipinski definition) is 1. The van der Waals surface area contributed by atoms with E-state index in [9.17, 15) is 14.9 Å². The molecule has 0 aliphatic carbocycles. The smallest absolute Gasteiger partial charge is 0.270 e. The summed E-state index contributed by atoms with van der Waals surface area (Å²) in [5.74, 6) is 0. The van der Waals surface area contributed by atoms with Crippen LogP contribution in [0, 0.1) is 10.1 Å². The Bertz CT molecular complexity index is 988. The average molecular weight is 350 g/mol. The number of nitro groups is 1. The Hall–Kier alpha value is -3.25. The van der Waals surface area contributed by atoms with Crippen molar-refractivity contribution < 1.29 is 14.6 Å². The zero-order chi connectivity index (χ0) is 18.7. The lowest BCUT2D eigenvalue weighted by Crippen LogP contribution is -3.00. The molecule has 0 bridgehead atoms. The van der Waals surface area contributed by atoms with E-state index in [4.69, 9.17) is 0 Å². The van der Waals surface area contributed by atoms with Gasteiger partial charge in [0.15, 0.2) is 6.29 Å². The highest BCUT2D eigenvalue weighted by atomic mass is 16.6. The summed E-state index contributed by atoms with van der Waals surface area (Å²) in [6, 6.07) is 14.6. The molecule has 0 saturated heterocycles. The van der Waals surface area contributed by atoms with Crippen molar-refractivity contribution >= 4 is 29.0 Å². The first-order chi connectivity index (χ1) is 12.5. The van der Waals surface area contributed by atoms with Crippen molar-refractivity contribution in [2.75, 3.05) is 14.1 Å². The number of nitrogens with one attached hydrogen (secondary N) is 1. The van der Waals surface area contributed by atoms with Crippen molar-refractivity contribution in [3.63, 3.8) is 0 Å². The minimum absolute atomic E-state index is 0.0220. The maximum Gasteiger partial charge on any atom is 0.270 e. The summed E-state index contributed by atoms with van der Waals surface area (Å²) >= 11 is 0. The Morgan fingerprint density at radius 2 is 1.88 bits per heavy atom. The fraction of sp³-hybridized carbons (Fsp3) is 0.150. The molecule has 1 aromatic heterocycles. The van der Waals surface area contributed by atoms with Crippen LogP contribution in [0.25, 0.3) is 17.0 Å². The second-order valence-corrected chi connectivity index (χ2v) is 6.36. The second-order valence-electron chi connectivity index (χ2n) is 6.36. The second kappa shape index (κ2) is 7.33. The number of aromatic nitrogens is 1. The van der Waals surface area contributed by atoms with Gasteiger partial charge in [-0.25, -0.2) is 0 Å². The number of quaternary nitrogens is 1. The maximum atomic E-state index is 11.8. The summed E-state index contributed by atoms with van der Waals surface area (Å²) < 4.78 is 2.03. The van der Waals surface area contributed by atoms with Crippen molar-refractivity contribution in [2.24, 2.45) is 0 Å². The number of rotatable bonds is 6. The maximum absolute atomic E-state index is 11.8. The molecule has 132 valence electrons. The molecule has 0 saturated carbocycles. The zero-order valence-corrected chi connectivity index (χ0v) is 14.7. The summed E-state index contributed by atoms with van der Waals surface area (Å²) in [7, 11) is 3.96. The number of nitrogens with zero attached hydrogens (tertiary/aromatic N) is 2. The van der Waals surface area contributed by atoms with Crippen molar-refractivity contribution in [3.8, 4) is 0 Å². The summed E-state index contributed by atoms with van der Waals surface area (Å²) in [6.07, 6.45) is 4.61. The van der Waals surface area contributed by atoms with E-state index in [1.54, 1.807) is 6.07 Å². The molecule has 6 heteroatoms. The Morgan fingerprint density at radius 1 is 1.15 bits per heavy atom. The first-order valence-electron chi connectivity index (χ1n) is 8.29. The zero-order valence-electron chi connectivity index (χ0n) is 14.7. The molecule has 3 rings (SSSR count). The molecule has 26 heavy (non-hydrogen) atoms. The minimum atomic E-state index is -0.442. The van der Waals surface area contributed by atoms with Crippen molar-refractivity contribution in [3.05, 3.63) is 81.7 Å². The first-order valence-corrected chi connectivity index (χ1v) is 8.29. The van der Waals surface area contributed by atoms with Gasteiger partial charge in [-0.05, 0) is 11.6 Å². The highest BCUT2D eigenvalue weighted by Gasteiger charge is 2.18. The van der Waals surface area contributed by atoms with Crippen LogP contribution < -0.4 is 4.90 Å². The number of hydrogen-bond acceptors (Lipinski definition) is 3. The predicted octanol–water partition coefficient (Wildman–Crippen LogP) is 2.53. The van der Waals surface area contributed by atoms with Gasteiger partial charge in [0.25, 0.3) is 5.69 Å². The van der Waals surface area contributed by atoms with Crippen molar-refractivity contribution in [1.29, 1.82) is 0 Å². The van der Waals surface area contributed by atoms with E-state index in [-0.39, 0.29) is 5.69 Å². The summed E-state index contributed by atoms with van der Waals surface area (Å²) in [6.45, 7) is 0.575. The van der Waals surface area contributed by atoms with Crippen LogP contribution in [0.1, 0.15) is 21.6 Å². The SMILES string of the molecule is C[NH+](C)/C=C/c1c(C=O)c2cc([N+](=O)[O-])ccc2n1Cc1ccccc1. The summed E-state index contributed by atoms with van der Waals surface area (Å²) in [5.41, 5.74) is 3.09. The van der Waals surface area contributed by atoms with Gasteiger partial charge in [0, 0.05) is 35.7 Å². The number of carbonyl (C=O) groups is 1. The van der Waals surface area contributed by atoms with Gasteiger partial charge in [0.2, 0.25) is 0 Å². The van der Waals surface area contributed by atoms with Crippen LogP contribution in [0.3, 0.4) is 0 Å². The lowest BCUT2D eigenvalue weighted by molar-refractivity contribution is -0.800. The minimum Gasteiger partial charge on any atom is -0.336 e. The quantitative estimate of drug-likeness (QED) is 0.422. The van der Waals surface area contributed by atoms with Crippen LogP contribution in [0.4, 0.5) is 5.69 Å². The third-order valence-electron chi connectivity index (χ3n) is 4.21. The molecule has 0 fully saturated rings. The number of non-ortho nitro benzene ring substituents is 1. The van der Waals surface area contributed by atoms with Gasteiger partial charge in [-0.3, -0.25) is 14.9 Å². The molecule has 2 aromatic carbocycles. The average Bonchev–Trinajstić information content (AvgIpc) is 2.92. The van der Waals surface area contributed by atoms with E-state index < -0.39 is 4.92 Å². The molecule has 0 radical (unpaired) electrons. The molecule has 0 unspecified atom stereocenters. The fourth-order valence-electron chi connectivity index (χ4n) is 2.99. The van der Waals surface area contributed by atoms with E-state index in [1.807, 2.05) is 61.3 Å². The van der Waals surface area contributed by atoms with Gasteiger partial charge in [-0.2, -0.15) is 0 Å². The van der Waals surface area contributed by atoms with Gasteiger partial charge in [-0.15, -0.1) is 0 Å². The molecule has 3 aromatic rings. The molecule has 0 atom stereocenters. The standard InChI is InChI=1S/C20H19N3O3/c1-21(2)11-10-20-18(14-24)17-12-16(23(25)26)8-9-19(17)22(20)13-15-6-4-3-5-7-15/h3-12,14H,13H2,1-2H3/p+1/b11-10+. The van der Waals surface area contributed by atoms with Gasteiger partial charge in [-0.1, -0.05) is 30.3 Å². The third kappa shape index (κ3) is 3.41. The molecule has 0 amide bonds. The fourth-order valence-corrected chi connectivity index (χ4v) is 2.99. The van der Waals surface area contributed by atoms with Gasteiger partial charge >= 0.3 is 0 Å². The van der Waals surface area contributed by atoms with E-state index in [0.717, 1.165) is 28.0 Å². The third-order valence-corrected chi connectivity index (χ3v) is 4.21. The van der Waals surface area contributed by atoms with E-state index in [1.165, 1.54) is 12.1 Å². The van der Waals surface area contributed by atoms with Crippen LogP contribution in [0.5, 0.6) is 0 Å². The Kier molecular flexibility index (Phi) is 4.95. The summed E-state index contributed by atoms with van der Waals surface area (Å²) in [5, 5.41) is 11.7. The lowest BCUT2D eigenvalue weighted by atomic mass is 10.1. The summed E-state index contributed by atoms with van der Waals surface area (Å²) in [4.78, 5) is 23.6. The molecule has 1 N–H and O–H groups in total. The monoisotopic (exact) mass is 350 g/mol. The van der Waals surface area contributed by atoms with Gasteiger partial charge < -0.3 is 9.47 Å². The van der Waals surface area contributed by atoms with Crippen LogP contribution in [0.15, 0.2) is 54.7 Å². The van der Waals surface area contributed by atoms with Crippen LogP contribution >= 0.6 is 0 Å². The van der Waals surface area contributed by atoms with Crippen molar-refractivity contribution in [2.45, 2.75) is 6.54 Å². The van der Waals surface area contributed by atoms with Gasteiger partial charge in [0.05, 0.1) is 36.4 Å². The number of aldehydes is 1. The normalized spacial score (nSPS) is 11.5. The Balaban J connectivity index is 2.26. The van der Waals surface area contributed by atoms with Gasteiger partial charge in [0.1, 0.15) is 0 Å². The highest BCUT2D eigenvalue weighted by Crippen LogP contribution is 2.30. The molecule has 0 aliphatic rings. The molecule has 6 nitrogen and oxygen atoms in total. The number of nitro benzene ring substituents is 1. The molecule has 0 spiro atoms. The first kappa shape index (κ1) is 17.6.